The van der Waals surface area contributed by atoms with E-state index in [1.807, 2.05) is 30.3 Å². The molecule has 2 saturated heterocycles. The standard InChI is InChI=1S/C17H23FN2O2.ClH/c18-17(8-9-19-12-17)16(22)20-10-4-7-14(20)11-15(21)13-5-2-1-3-6-13;/h1-3,5-6,14-15,19,21H,4,7-12H2;1H. The summed E-state index contributed by atoms with van der Waals surface area (Å²) >= 11 is 0. The highest BCUT2D eigenvalue weighted by atomic mass is 35.5. The minimum Gasteiger partial charge on any atom is -0.388 e. The van der Waals surface area contributed by atoms with Gasteiger partial charge in [0, 0.05) is 25.6 Å². The van der Waals surface area contributed by atoms with Crippen molar-refractivity contribution >= 4 is 18.3 Å². The number of aliphatic hydroxyl groups excluding tert-OH is 1. The second kappa shape index (κ2) is 7.60. The minimum atomic E-state index is -1.76. The van der Waals surface area contributed by atoms with Crippen LogP contribution in [0, 0.1) is 0 Å². The summed E-state index contributed by atoms with van der Waals surface area (Å²) in [4.78, 5) is 14.2. The lowest BCUT2D eigenvalue weighted by Crippen LogP contribution is -2.49. The van der Waals surface area contributed by atoms with E-state index in [0.717, 1.165) is 18.4 Å². The first-order valence-electron chi connectivity index (χ1n) is 8.04. The van der Waals surface area contributed by atoms with Crippen molar-refractivity contribution in [2.24, 2.45) is 0 Å². The van der Waals surface area contributed by atoms with E-state index in [1.54, 1.807) is 4.90 Å². The summed E-state index contributed by atoms with van der Waals surface area (Å²) < 4.78 is 14.7. The van der Waals surface area contributed by atoms with Crippen LogP contribution in [-0.4, -0.2) is 47.3 Å². The number of benzene rings is 1. The van der Waals surface area contributed by atoms with Gasteiger partial charge in [-0.05, 0) is 31.4 Å². The second-order valence-corrected chi connectivity index (χ2v) is 6.35. The van der Waals surface area contributed by atoms with Crippen molar-refractivity contribution in [3.05, 3.63) is 35.9 Å². The molecule has 1 amide bonds. The van der Waals surface area contributed by atoms with Gasteiger partial charge in [0.2, 0.25) is 5.67 Å². The SMILES string of the molecule is Cl.O=C(N1CCCC1CC(O)c1ccccc1)C1(F)CCNC1. The molecule has 1 aromatic carbocycles. The lowest BCUT2D eigenvalue weighted by atomic mass is 9.98. The van der Waals surface area contributed by atoms with Gasteiger partial charge in [-0.2, -0.15) is 0 Å². The Kier molecular flexibility index (Phi) is 6.00. The van der Waals surface area contributed by atoms with Gasteiger partial charge in [-0.15, -0.1) is 12.4 Å². The van der Waals surface area contributed by atoms with Gasteiger partial charge in [-0.1, -0.05) is 30.3 Å². The molecule has 2 aliphatic heterocycles. The van der Waals surface area contributed by atoms with E-state index in [-0.39, 0.29) is 31.4 Å². The summed E-state index contributed by atoms with van der Waals surface area (Å²) in [7, 11) is 0. The van der Waals surface area contributed by atoms with E-state index in [0.29, 0.717) is 19.5 Å². The molecule has 0 saturated carbocycles. The van der Waals surface area contributed by atoms with E-state index in [4.69, 9.17) is 0 Å². The second-order valence-electron chi connectivity index (χ2n) is 6.35. The Balaban J connectivity index is 0.00000192. The molecule has 4 nitrogen and oxygen atoms in total. The average Bonchev–Trinajstić information content (AvgIpc) is 3.17. The van der Waals surface area contributed by atoms with Crippen LogP contribution in [0.2, 0.25) is 0 Å². The van der Waals surface area contributed by atoms with Gasteiger partial charge >= 0.3 is 0 Å². The van der Waals surface area contributed by atoms with Crippen molar-refractivity contribution in [3.8, 4) is 0 Å². The number of hydrogen-bond acceptors (Lipinski definition) is 3. The van der Waals surface area contributed by atoms with Gasteiger partial charge in [0.15, 0.2) is 0 Å². The topological polar surface area (TPSA) is 52.6 Å². The number of nitrogens with zero attached hydrogens (tertiary/aromatic N) is 1. The first-order chi connectivity index (χ1) is 10.6. The van der Waals surface area contributed by atoms with Gasteiger partial charge in [-0.25, -0.2) is 4.39 Å². The highest BCUT2D eigenvalue weighted by Gasteiger charge is 2.46. The van der Waals surface area contributed by atoms with E-state index >= 15 is 0 Å². The van der Waals surface area contributed by atoms with Crippen LogP contribution in [0.4, 0.5) is 4.39 Å². The zero-order chi connectivity index (χ0) is 15.6. The molecule has 3 unspecified atom stereocenters. The molecule has 3 rings (SSSR count). The van der Waals surface area contributed by atoms with Crippen LogP contribution in [0.1, 0.15) is 37.4 Å². The molecule has 128 valence electrons. The van der Waals surface area contributed by atoms with Crippen LogP contribution in [-0.2, 0) is 4.79 Å². The summed E-state index contributed by atoms with van der Waals surface area (Å²) in [5, 5.41) is 13.3. The van der Waals surface area contributed by atoms with E-state index in [2.05, 4.69) is 5.32 Å². The molecule has 0 spiro atoms. The van der Waals surface area contributed by atoms with Gasteiger partial charge in [0.25, 0.3) is 5.91 Å². The zero-order valence-corrected chi connectivity index (χ0v) is 13.9. The number of aliphatic hydroxyl groups is 1. The van der Waals surface area contributed by atoms with Crippen LogP contribution in [0.3, 0.4) is 0 Å². The highest BCUT2D eigenvalue weighted by molar-refractivity contribution is 5.86. The zero-order valence-electron chi connectivity index (χ0n) is 13.1. The Morgan fingerprint density at radius 1 is 1.43 bits per heavy atom. The molecule has 0 aliphatic carbocycles. The van der Waals surface area contributed by atoms with Gasteiger partial charge in [0.1, 0.15) is 0 Å². The van der Waals surface area contributed by atoms with Crippen LogP contribution < -0.4 is 5.32 Å². The first-order valence-corrected chi connectivity index (χ1v) is 8.04. The van der Waals surface area contributed by atoms with Crippen LogP contribution in [0.15, 0.2) is 30.3 Å². The van der Waals surface area contributed by atoms with Crippen molar-refractivity contribution in [1.82, 2.24) is 10.2 Å². The molecule has 2 heterocycles. The average molecular weight is 343 g/mol. The molecule has 2 N–H and O–H groups in total. The van der Waals surface area contributed by atoms with E-state index in [9.17, 15) is 14.3 Å². The summed E-state index contributed by atoms with van der Waals surface area (Å²) in [6, 6.07) is 9.36. The fourth-order valence-corrected chi connectivity index (χ4v) is 3.52. The maximum Gasteiger partial charge on any atom is 0.261 e. The van der Waals surface area contributed by atoms with Crippen molar-refractivity contribution < 1.29 is 14.3 Å². The number of halogens is 2. The third-order valence-corrected chi connectivity index (χ3v) is 4.80. The molecule has 0 aromatic heterocycles. The van der Waals surface area contributed by atoms with Crippen molar-refractivity contribution in [1.29, 1.82) is 0 Å². The molecule has 1 aromatic rings. The lowest BCUT2D eigenvalue weighted by molar-refractivity contribution is -0.144. The number of nitrogens with one attached hydrogen (secondary N) is 1. The number of carbonyl (C=O) groups excluding carboxylic acids is 1. The van der Waals surface area contributed by atoms with Crippen molar-refractivity contribution in [3.63, 3.8) is 0 Å². The fraction of sp³-hybridized carbons (Fsp3) is 0.588. The van der Waals surface area contributed by atoms with Crippen LogP contribution in [0.5, 0.6) is 0 Å². The predicted octanol–water partition coefficient (Wildman–Crippen LogP) is 2.22. The molecule has 3 atom stereocenters. The molecule has 6 heteroatoms. The Morgan fingerprint density at radius 2 is 2.17 bits per heavy atom. The third kappa shape index (κ3) is 3.84. The number of likely N-dealkylation sites (tertiary alicyclic amines) is 1. The molecule has 2 aliphatic rings. The number of alkyl halides is 1. The first kappa shape index (κ1) is 18.2. The number of rotatable bonds is 4. The monoisotopic (exact) mass is 342 g/mol. The molecule has 0 bridgehead atoms. The Bertz CT molecular complexity index is 523. The summed E-state index contributed by atoms with van der Waals surface area (Å²) in [6.45, 7) is 1.25. The maximum absolute atomic E-state index is 14.7. The van der Waals surface area contributed by atoms with E-state index in [1.165, 1.54) is 0 Å². The molecular weight excluding hydrogens is 319 g/mol. The van der Waals surface area contributed by atoms with Crippen molar-refractivity contribution in [2.45, 2.75) is 43.5 Å². The van der Waals surface area contributed by atoms with Gasteiger partial charge in [0.05, 0.1) is 6.10 Å². The third-order valence-electron chi connectivity index (χ3n) is 4.80. The van der Waals surface area contributed by atoms with Crippen molar-refractivity contribution in [2.75, 3.05) is 19.6 Å². The smallest absolute Gasteiger partial charge is 0.261 e. The normalized spacial score (nSPS) is 28.4. The van der Waals surface area contributed by atoms with Crippen LogP contribution >= 0.6 is 12.4 Å². The molecule has 2 fully saturated rings. The number of amides is 1. The maximum atomic E-state index is 14.7. The molecular formula is C17H24ClFN2O2. The van der Waals surface area contributed by atoms with E-state index < -0.39 is 17.7 Å². The van der Waals surface area contributed by atoms with Gasteiger partial charge in [-0.3, -0.25) is 4.79 Å². The summed E-state index contributed by atoms with van der Waals surface area (Å²) in [5.74, 6) is -0.403. The quantitative estimate of drug-likeness (QED) is 0.882. The molecule has 0 radical (unpaired) electrons. The number of hydrogen-bond donors (Lipinski definition) is 2. The lowest BCUT2D eigenvalue weighted by Gasteiger charge is -2.31. The fourth-order valence-electron chi connectivity index (χ4n) is 3.52. The Hall–Kier alpha value is -1.17. The Labute approximate surface area is 142 Å². The predicted molar refractivity (Wildman–Crippen MR) is 89.3 cm³/mol. The Morgan fingerprint density at radius 3 is 2.83 bits per heavy atom. The number of carbonyl (C=O) groups is 1. The summed E-state index contributed by atoms with van der Waals surface area (Å²) in [6.07, 6.45) is 1.81. The van der Waals surface area contributed by atoms with Gasteiger partial charge < -0.3 is 15.3 Å². The minimum absolute atomic E-state index is 0. The van der Waals surface area contributed by atoms with Crippen LogP contribution in [0.25, 0.3) is 0 Å². The molecule has 23 heavy (non-hydrogen) atoms. The highest BCUT2D eigenvalue weighted by Crippen LogP contribution is 2.31. The summed E-state index contributed by atoms with van der Waals surface area (Å²) in [5.41, 5.74) is -0.917. The largest absolute Gasteiger partial charge is 0.388 e.